The van der Waals surface area contributed by atoms with Crippen molar-refractivity contribution < 1.29 is 4.79 Å². The largest absolute Gasteiger partial charge is 0.349 e. The molecule has 0 saturated heterocycles. The summed E-state index contributed by atoms with van der Waals surface area (Å²) in [5.41, 5.74) is 0. The summed E-state index contributed by atoms with van der Waals surface area (Å²) >= 11 is 0. The van der Waals surface area contributed by atoms with Crippen LogP contribution in [0.4, 0.5) is 0 Å². The van der Waals surface area contributed by atoms with Crippen LogP contribution in [-0.2, 0) is 17.8 Å². The summed E-state index contributed by atoms with van der Waals surface area (Å²) in [5.74, 6) is 1.32. The van der Waals surface area contributed by atoms with Gasteiger partial charge in [0, 0.05) is 45.9 Å². The number of imidazole rings is 1. The standard InChI is InChI=1S/C12H21N3O/c1-4-6-11-13-8-10-15(11)9-5-7-12(16)14(2)3/h8,10H,4-7,9H2,1-3H3. The summed E-state index contributed by atoms with van der Waals surface area (Å²) in [6.07, 6.45) is 7.42. The van der Waals surface area contributed by atoms with E-state index in [2.05, 4.69) is 16.5 Å². The molecule has 1 heterocycles. The fourth-order valence-corrected chi connectivity index (χ4v) is 1.62. The van der Waals surface area contributed by atoms with Gasteiger partial charge in [-0.2, -0.15) is 0 Å². The number of hydrogen-bond donors (Lipinski definition) is 0. The van der Waals surface area contributed by atoms with Crippen molar-refractivity contribution in [1.29, 1.82) is 0 Å². The summed E-state index contributed by atoms with van der Waals surface area (Å²) in [6, 6.07) is 0. The minimum atomic E-state index is 0.192. The number of nitrogens with zero attached hydrogens (tertiary/aromatic N) is 3. The Labute approximate surface area is 97.3 Å². The lowest BCUT2D eigenvalue weighted by molar-refractivity contribution is -0.128. The van der Waals surface area contributed by atoms with E-state index >= 15 is 0 Å². The molecule has 0 bridgehead atoms. The Morgan fingerprint density at radius 1 is 1.50 bits per heavy atom. The molecule has 1 amide bonds. The Morgan fingerprint density at radius 2 is 2.25 bits per heavy atom. The maximum Gasteiger partial charge on any atom is 0.222 e. The molecule has 90 valence electrons. The monoisotopic (exact) mass is 223 g/mol. The molecule has 1 rings (SSSR count). The molecule has 0 N–H and O–H groups in total. The molecule has 1 aromatic heterocycles. The van der Waals surface area contributed by atoms with E-state index in [1.54, 1.807) is 19.0 Å². The topological polar surface area (TPSA) is 38.1 Å². The average molecular weight is 223 g/mol. The van der Waals surface area contributed by atoms with Gasteiger partial charge < -0.3 is 9.47 Å². The molecule has 0 atom stereocenters. The second-order valence-corrected chi connectivity index (χ2v) is 4.18. The molecule has 0 aliphatic heterocycles. The zero-order valence-corrected chi connectivity index (χ0v) is 10.4. The highest BCUT2D eigenvalue weighted by molar-refractivity contribution is 5.75. The summed E-state index contributed by atoms with van der Waals surface area (Å²) in [4.78, 5) is 17.3. The number of hydrogen-bond acceptors (Lipinski definition) is 2. The van der Waals surface area contributed by atoms with E-state index in [0.29, 0.717) is 6.42 Å². The highest BCUT2D eigenvalue weighted by Gasteiger charge is 2.05. The zero-order chi connectivity index (χ0) is 12.0. The van der Waals surface area contributed by atoms with Crippen LogP contribution in [0, 0.1) is 0 Å². The van der Waals surface area contributed by atoms with E-state index in [1.807, 2.05) is 12.4 Å². The van der Waals surface area contributed by atoms with E-state index in [-0.39, 0.29) is 5.91 Å². The van der Waals surface area contributed by atoms with Crippen LogP contribution in [-0.4, -0.2) is 34.5 Å². The Kier molecular flexibility index (Phi) is 5.02. The molecule has 0 fully saturated rings. The third-order valence-electron chi connectivity index (χ3n) is 2.56. The number of amides is 1. The lowest BCUT2D eigenvalue weighted by Gasteiger charge is -2.11. The van der Waals surface area contributed by atoms with Crippen molar-refractivity contribution in [1.82, 2.24) is 14.5 Å². The highest BCUT2D eigenvalue weighted by Crippen LogP contribution is 2.04. The highest BCUT2D eigenvalue weighted by atomic mass is 16.2. The lowest BCUT2D eigenvalue weighted by atomic mass is 10.2. The van der Waals surface area contributed by atoms with Gasteiger partial charge in [-0.3, -0.25) is 4.79 Å². The van der Waals surface area contributed by atoms with Gasteiger partial charge in [-0.05, 0) is 12.8 Å². The molecule has 0 radical (unpaired) electrons. The summed E-state index contributed by atoms with van der Waals surface area (Å²) in [6.45, 7) is 3.03. The molecule has 0 aliphatic carbocycles. The van der Waals surface area contributed by atoms with Gasteiger partial charge >= 0.3 is 0 Å². The lowest BCUT2D eigenvalue weighted by Crippen LogP contribution is -2.21. The maximum absolute atomic E-state index is 11.4. The van der Waals surface area contributed by atoms with Crippen LogP contribution in [0.3, 0.4) is 0 Å². The van der Waals surface area contributed by atoms with E-state index in [4.69, 9.17) is 0 Å². The molecule has 0 saturated carbocycles. The van der Waals surface area contributed by atoms with Crippen LogP contribution < -0.4 is 0 Å². The number of carbonyl (C=O) groups is 1. The van der Waals surface area contributed by atoms with Gasteiger partial charge in [-0.1, -0.05) is 6.92 Å². The number of carbonyl (C=O) groups excluding carboxylic acids is 1. The van der Waals surface area contributed by atoms with Crippen molar-refractivity contribution in [3.05, 3.63) is 18.2 Å². The van der Waals surface area contributed by atoms with Gasteiger partial charge in [0.2, 0.25) is 5.91 Å². The third kappa shape index (κ3) is 3.68. The van der Waals surface area contributed by atoms with Gasteiger partial charge in [0.1, 0.15) is 5.82 Å². The van der Waals surface area contributed by atoms with E-state index in [0.717, 1.165) is 31.6 Å². The van der Waals surface area contributed by atoms with Crippen LogP contribution in [0.2, 0.25) is 0 Å². The molecule has 0 spiro atoms. The first-order valence-corrected chi connectivity index (χ1v) is 5.85. The quantitative estimate of drug-likeness (QED) is 0.736. The first-order valence-electron chi connectivity index (χ1n) is 5.85. The third-order valence-corrected chi connectivity index (χ3v) is 2.56. The molecule has 1 aromatic rings. The molecule has 16 heavy (non-hydrogen) atoms. The van der Waals surface area contributed by atoms with Crippen molar-refractivity contribution >= 4 is 5.91 Å². The summed E-state index contributed by atoms with van der Waals surface area (Å²) in [7, 11) is 3.59. The Balaban J connectivity index is 2.37. The smallest absolute Gasteiger partial charge is 0.222 e. The zero-order valence-electron chi connectivity index (χ0n) is 10.4. The fourth-order valence-electron chi connectivity index (χ4n) is 1.62. The maximum atomic E-state index is 11.4. The van der Waals surface area contributed by atoms with Gasteiger partial charge in [0.25, 0.3) is 0 Å². The number of aromatic nitrogens is 2. The molecular formula is C12H21N3O. The van der Waals surface area contributed by atoms with Gasteiger partial charge in [0.15, 0.2) is 0 Å². The van der Waals surface area contributed by atoms with Gasteiger partial charge in [0.05, 0.1) is 0 Å². The van der Waals surface area contributed by atoms with Crippen LogP contribution in [0.1, 0.15) is 32.0 Å². The van der Waals surface area contributed by atoms with Crippen molar-refractivity contribution in [2.24, 2.45) is 0 Å². The first kappa shape index (κ1) is 12.7. The Hall–Kier alpha value is -1.32. The molecule has 4 heteroatoms. The van der Waals surface area contributed by atoms with Crippen LogP contribution in [0.5, 0.6) is 0 Å². The summed E-state index contributed by atoms with van der Waals surface area (Å²) < 4.78 is 2.15. The van der Waals surface area contributed by atoms with Gasteiger partial charge in [-0.25, -0.2) is 4.98 Å². The minimum absolute atomic E-state index is 0.192. The number of rotatable bonds is 6. The summed E-state index contributed by atoms with van der Waals surface area (Å²) in [5, 5.41) is 0. The predicted octanol–water partition coefficient (Wildman–Crippen LogP) is 1.70. The minimum Gasteiger partial charge on any atom is -0.349 e. The molecule has 4 nitrogen and oxygen atoms in total. The van der Waals surface area contributed by atoms with Crippen molar-refractivity contribution in [3.8, 4) is 0 Å². The van der Waals surface area contributed by atoms with Crippen LogP contribution >= 0.6 is 0 Å². The fraction of sp³-hybridized carbons (Fsp3) is 0.667. The second-order valence-electron chi connectivity index (χ2n) is 4.18. The predicted molar refractivity (Wildman–Crippen MR) is 64.2 cm³/mol. The molecule has 0 aliphatic rings. The normalized spacial score (nSPS) is 10.4. The Morgan fingerprint density at radius 3 is 2.88 bits per heavy atom. The average Bonchev–Trinajstić information content (AvgIpc) is 2.66. The van der Waals surface area contributed by atoms with E-state index in [1.165, 1.54) is 0 Å². The number of aryl methyl sites for hydroxylation is 2. The van der Waals surface area contributed by atoms with Crippen LogP contribution in [0.15, 0.2) is 12.4 Å². The van der Waals surface area contributed by atoms with Crippen molar-refractivity contribution in [2.75, 3.05) is 14.1 Å². The van der Waals surface area contributed by atoms with Crippen LogP contribution in [0.25, 0.3) is 0 Å². The molecular weight excluding hydrogens is 202 g/mol. The Bertz CT molecular complexity index is 331. The molecule has 0 aromatic carbocycles. The van der Waals surface area contributed by atoms with Crippen molar-refractivity contribution in [3.63, 3.8) is 0 Å². The van der Waals surface area contributed by atoms with E-state index in [9.17, 15) is 4.79 Å². The molecule has 0 unspecified atom stereocenters. The van der Waals surface area contributed by atoms with Crippen molar-refractivity contribution in [2.45, 2.75) is 39.2 Å². The second kappa shape index (κ2) is 6.30. The van der Waals surface area contributed by atoms with Gasteiger partial charge in [-0.15, -0.1) is 0 Å². The SMILES string of the molecule is CCCc1nccn1CCCC(=O)N(C)C. The van der Waals surface area contributed by atoms with E-state index < -0.39 is 0 Å². The first-order chi connectivity index (χ1) is 7.65.